The van der Waals surface area contributed by atoms with E-state index < -0.39 is 0 Å². The minimum absolute atomic E-state index is 0.737. The molecule has 0 fully saturated rings. The molecular formula is C18H15ClN4. The van der Waals surface area contributed by atoms with Gasteiger partial charge in [-0.05, 0) is 25.5 Å². The number of nitrogens with one attached hydrogen (secondary N) is 2. The summed E-state index contributed by atoms with van der Waals surface area (Å²) >= 11 is 6.67. The summed E-state index contributed by atoms with van der Waals surface area (Å²) in [6, 6.07) is 12.1. The van der Waals surface area contributed by atoms with Crippen molar-refractivity contribution in [3.05, 3.63) is 58.9 Å². The number of hydrogen-bond donors (Lipinski definition) is 2. The molecule has 0 radical (unpaired) electrons. The van der Waals surface area contributed by atoms with Crippen molar-refractivity contribution in [1.29, 1.82) is 0 Å². The zero-order valence-corrected chi connectivity index (χ0v) is 13.6. The lowest BCUT2D eigenvalue weighted by molar-refractivity contribution is 1.05. The van der Waals surface area contributed by atoms with E-state index in [0.29, 0.717) is 0 Å². The monoisotopic (exact) mass is 322 g/mol. The van der Waals surface area contributed by atoms with E-state index >= 15 is 0 Å². The lowest BCUT2D eigenvalue weighted by Gasteiger charge is -2.11. The van der Waals surface area contributed by atoms with Crippen molar-refractivity contribution in [2.75, 3.05) is 0 Å². The Morgan fingerprint density at radius 2 is 1.78 bits per heavy atom. The average Bonchev–Trinajstić information content (AvgIpc) is 3.16. The summed E-state index contributed by atoms with van der Waals surface area (Å²) in [6.07, 6.45) is 1.82. The minimum Gasteiger partial charge on any atom is -0.282 e. The second kappa shape index (κ2) is 5.25. The second-order valence-corrected chi connectivity index (χ2v) is 6.03. The number of fused-ring (bicyclic) bond motifs is 1. The quantitative estimate of drug-likeness (QED) is 0.552. The average molecular weight is 323 g/mol. The van der Waals surface area contributed by atoms with Gasteiger partial charge in [-0.25, -0.2) is 0 Å². The van der Waals surface area contributed by atoms with E-state index in [1.54, 1.807) is 0 Å². The van der Waals surface area contributed by atoms with E-state index in [9.17, 15) is 0 Å². The first-order chi connectivity index (χ1) is 11.2. The first-order valence-electron chi connectivity index (χ1n) is 7.39. The molecule has 0 aliphatic heterocycles. The van der Waals surface area contributed by atoms with Crippen LogP contribution in [-0.4, -0.2) is 20.4 Å². The van der Waals surface area contributed by atoms with Gasteiger partial charge in [0.25, 0.3) is 0 Å². The molecule has 5 heteroatoms. The van der Waals surface area contributed by atoms with Crippen LogP contribution in [0.5, 0.6) is 0 Å². The van der Waals surface area contributed by atoms with E-state index in [-0.39, 0.29) is 0 Å². The van der Waals surface area contributed by atoms with Crippen molar-refractivity contribution in [1.82, 2.24) is 20.4 Å². The molecule has 4 nitrogen and oxygen atoms in total. The largest absolute Gasteiger partial charge is 0.282 e. The topological polar surface area (TPSA) is 57.4 Å². The highest BCUT2D eigenvalue weighted by Gasteiger charge is 2.21. The van der Waals surface area contributed by atoms with Crippen LogP contribution >= 0.6 is 11.6 Å². The van der Waals surface area contributed by atoms with Gasteiger partial charge in [-0.3, -0.25) is 10.2 Å². The number of hydrogen-bond acceptors (Lipinski definition) is 2. The fourth-order valence-electron chi connectivity index (χ4n) is 2.99. The zero-order chi connectivity index (χ0) is 16.0. The number of aryl methyl sites for hydroxylation is 2. The number of halogens is 1. The van der Waals surface area contributed by atoms with E-state index in [1.807, 2.05) is 44.3 Å². The molecule has 23 heavy (non-hydrogen) atoms. The van der Waals surface area contributed by atoms with Crippen LogP contribution in [0.3, 0.4) is 0 Å². The Kier molecular flexibility index (Phi) is 3.20. The van der Waals surface area contributed by atoms with Crippen LogP contribution in [0.1, 0.15) is 11.3 Å². The molecule has 114 valence electrons. The van der Waals surface area contributed by atoms with Crippen LogP contribution in [0.4, 0.5) is 0 Å². The standard InChI is InChI=1S/C18H15ClN4/c1-10-8-14-13(9-20-22-14)16(17(10)19)15-11(2)21-23-18(15)12-6-4-3-5-7-12/h3-9H,1-2H3,(H,20,22)(H,21,23). The third-order valence-electron chi connectivity index (χ3n) is 4.11. The van der Waals surface area contributed by atoms with Crippen molar-refractivity contribution in [2.45, 2.75) is 13.8 Å². The Balaban J connectivity index is 2.09. The van der Waals surface area contributed by atoms with Crippen molar-refractivity contribution in [2.24, 2.45) is 0 Å². The summed E-state index contributed by atoms with van der Waals surface area (Å²) in [5.74, 6) is 0. The first kappa shape index (κ1) is 14.0. The van der Waals surface area contributed by atoms with Gasteiger partial charge in [-0.15, -0.1) is 0 Å². The molecule has 4 rings (SSSR count). The molecule has 2 N–H and O–H groups in total. The Hall–Kier alpha value is -2.59. The molecule has 0 saturated heterocycles. The Morgan fingerprint density at radius 3 is 2.57 bits per heavy atom. The van der Waals surface area contributed by atoms with Gasteiger partial charge in [-0.1, -0.05) is 41.9 Å². The number of aromatic amines is 2. The number of rotatable bonds is 2. The Labute approximate surface area is 138 Å². The van der Waals surface area contributed by atoms with Gasteiger partial charge in [0.15, 0.2) is 0 Å². The van der Waals surface area contributed by atoms with E-state index in [1.165, 1.54) is 0 Å². The molecular weight excluding hydrogens is 308 g/mol. The van der Waals surface area contributed by atoms with Crippen LogP contribution in [-0.2, 0) is 0 Å². The highest BCUT2D eigenvalue weighted by molar-refractivity contribution is 6.36. The molecule has 0 saturated carbocycles. The summed E-state index contributed by atoms with van der Waals surface area (Å²) in [5, 5.41) is 16.5. The normalized spacial score (nSPS) is 11.3. The molecule has 0 aliphatic carbocycles. The third-order valence-corrected chi connectivity index (χ3v) is 4.60. The van der Waals surface area contributed by atoms with Gasteiger partial charge in [0.1, 0.15) is 5.69 Å². The van der Waals surface area contributed by atoms with Crippen molar-refractivity contribution >= 4 is 22.5 Å². The number of H-pyrrole nitrogens is 2. The predicted octanol–water partition coefficient (Wildman–Crippen LogP) is 4.89. The number of benzene rings is 2. The van der Waals surface area contributed by atoms with Gasteiger partial charge in [0, 0.05) is 27.8 Å². The summed E-state index contributed by atoms with van der Waals surface area (Å²) in [4.78, 5) is 0. The molecule has 2 aromatic carbocycles. The minimum atomic E-state index is 0.737. The summed E-state index contributed by atoms with van der Waals surface area (Å²) < 4.78 is 0. The summed E-state index contributed by atoms with van der Waals surface area (Å²) in [7, 11) is 0. The maximum atomic E-state index is 6.67. The maximum Gasteiger partial charge on any atom is 0.100 e. The Morgan fingerprint density at radius 1 is 1.00 bits per heavy atom. The van der Waals surface area contributed by atoms with Crippen LogP contribution < -0.4 is 0 Å². The molecule has 0 unspecified atom stereocenters. The smallest absolute Gasteiger partial charge is 0.100 e. The van der Waals surface area contributed by atoms with Gasteiger partial charge in [0.2, 0.25) is 0 Å². The third kappa shape index (κ3) is 2.14. The second-order valence-electron chi connectivity index (χ2n) is 5.65. The van der Waals surface area contributed by atoms with Crippen molar-refractivity contribution < 1.29 is 0 Å². The van der Waals surface area contributed by atoms with Crippen LogP contribution in [0.2, 0.25) is 5.02 Å². The van der Waals surface area contributed by atoms with Gasteiger partial charge < -0.3 is 0 Å². The predicted molar refractivity (Wildman–Crippen MR) is 93.6 cm³/mol. The SMILES string of the molecule is Cc1cc2[nH]ncc2c(-c2c(-c3ccccc3)n[nH]c2C)c1Cl. The zero-order valence-electron chi connectivity index (χ0n) is 12.8. The van der Waals surface area contributed by atoms with E-state index in [4.69, 9.17) is 11.6 Å². The molecule has 4 aromatic rings. The lowest BCUT2D eigenvalue weighted by atomic mass is 9.95. The molecule has 0 amide bonds. The first-order valence-corrected chi connectivity index (χ1v) is 7.77. The molecule has 2 aromatic heterocycles. The van der Waals surface area contributed by atoms with Crippen LogP contribution in [0, 0.1) is 13.8 Å². The number of aromatic nitrogens is 4. The molecule has 2 heterocycles. The van der Waals surface area contributed by atoms with Crippen molar-refractivity contribution in [3.8, 4) is 22.4 Å². The number of nitrogens with zero attached hydrogens (tertiary/aromatic N) is 2. The van der Waals surface area contributed by atoms with Gasteiger partial charge in [-0.2, -0.15) is 10.2 Å². The van der Waals surface area contributed by atoms with Crippen molar-refractivity contribution in [3.63, 3.8) is 0 Å². The van der Waals surface area contributed by atoms with E-state index in [0.717, 1.165) is 49.6 Å². The highest BCUT2D eigenvalue weighted by atomic mass is 35.5. The molecule has 0 atom stereocenters. The van der Waals surface area contributed by atoms with E-state index in [2.05, 4.69) is 32.5 Å². The van der Waals surface area contributed by atoms with Crippen LogP contribution in [0.25, 0.3) is 33.3 Å². The van der Waals surface area contributed by atoms with Crippen LogP contribution in [0.15, 0.2) is 42.6 Å². The molecule has 0 aliphatic rings. The van der Waals surface area contributed by atoms with Gasteiger partial charge >= 0.3 is 0 Å². The fourth-order valence-corrected chi connectivity index (χ4v) is 3.24. The summed E-state index contributed by atoms with van der Waals surface area (Å²) in [5.41, 5.74) is 6.93. The lowest BCUT2D eigenvalue weighted by Crippen LogP contribution is -1.89. The summed E-state index contributed by atoms with van der Waals surface area (Å²) in [6.45, 7) is 4.02. The fraction of sp³-hybridized carbons (Fsp3) is 0.111. The molecule has 0 spiro atoms. The highest BCUT2D eigenvalue weighted by Crippen LogP contribution is 2.42. The maximum absolute atomic E-state index is 6.67. The van der Waals surface area contributed by atoms with Gasteiger partial charge in [0.05, 0.1) is 16.7 Å². The Bertz CT molecular complexity index is 999. The molecule has 0 bridgehead atoms.